The van der Waals surface area contributed by atoms with Crippen LogP contribution in [0.15, 0.2) is 91.0 Å². The smallest absolute Gasteiger partial charge is 0.205 e. The van der Waals surface area contributed by atoms with Crippen molar-refractivity contribution in [3.05, 3.63) is 103 Å². The molecule has 0 saturated heterocycles. The molecule has 3 heteroatoms. The Labute approximate surface area is 204 Å². The topological polar surface area (TPSA) is 20.8 Å². The number of benzene rings is 3. The molecule has 0 spiro atoms. The predicted molar refractivity (Wildman–Crippen MR) is 139 cm³/mol. The van der Waals surface area contributed by atoms with Crippen LogP contribution >= 0.6 is 0 Å². The third kappa shape index (κ3) is 4.71. The van der Waals surface area contributed by atoms with E-state index in [1.54, 1.807) is 0 Å². The van der Waals surface area contributed by atoms with Crippen LogP contribution in [0.5, 0.6) is 0 Å². The molecule has 3 nitrogen and oxygen atoms in total. The molecule has 0 radical (unpaired) electrons. The maximum atomic E-state index is 3.91. The molecule has 1 aliphatic rings. The van der Waals surface area contributed by atoms with Gasteiger partial charge >= 0.3 is 0 Å². The molecule has 1 saturated carbocycles. The van der Waals surface area contributed by atoms with Crippen molar-refractivity contribution in [2.75, 3.05) is 0 Å². The fourth-order valence-electron chi connectivity index (χ4n) is 5.30. The lowest BCUT2D eigenvalue weighted by atomic mass is 9.89. The molecule has 5 rings (SSSR count). The summed E-state index contributed by atoms with van der Waals surface area (Å²) in [6, 6.07) is 33.6. The van der Waals surface area contributed by atoms with Crippen molar-refractivity contribution in [3.8, 4) is 22.5 Å². The van der Waals surface area contributed by atoms with Gasteiger partial charge in [0.2, 0.25) is 6.33 Å². The molecule has 1 aliphatic carbocycles. The first kappa shape index (κ1) is 22.6. The zero-order chi connectivity index (χ0) is 23.3. The Morgan fingerprint density at radius 2 is 1.41 bits per heavy atom. The molecular weight excluding hydrogens is 414 g/mol. The average molecular weight is 450 g/mol. The molecule has 1 fully saturated rings. The third-order valence-corrected chi connectivity index (χ3v) is 7.00. The van der Waals surface area contributed by atoms with Gasteiger partial charge in [0.1, 0.15) is 0 Å². The lowest BCUT2D eigenvalue weighted by Crippen LogP contribution is -2.52. The number of aromatic nitrogens is 2. The Balaban J connectivity index is 1.61. The van der Waals surface area contributed by atoms with Crippen molar-refractivity contribution in [1.82, 2.24) is 9.88 Å². The van der Waals surface area contributed by atoms with Crippen molar-refractivity contribution in [2.45, 2.75) is 64.2 Å². The quantitative estimate of drug-likeness (QED) is 0.244. The second kappa shape index (κ2) is 10.4. The predicted octanol–water partition coefficient (Wildman–Crippen LogP) is 6.76. The van der Waals surface area contributed by atoms with Gasteiger partial charge in [0.15, 0.2) is 0 Å². The summed E-state index contributed by atoms with van der Waals surface area (Å²) in [7, 11) is 0. The first-order valence-corrected chi connectivity index (χ1v) is 12.7. The van der Waals surface area contributed by atoms with E-state index in [2.05, 4.69) is 126 Å². The lowest BCUT2D eigenvalue weighted by Gasteiger charge is -2.33. The van der Waals surface area contributed by atoms with E-state index in [1.807, 2.05) is 0 Å². The highest BCUT2D eigenvalue weighted by Crippen LogP contribution is 2.35. The molecule has 1 N–H and O–H groups in total. The van der Waals surface area contributed by atoms with Crippen molar-refractivity contribution >= 4 is 0 Å². The fourth-order valence-corrected chi connectivity index (χ4v) is 5.30. The van der Waals surface area contributed by atoms with Crippen LogP contribution in [0.2, 0.25) is 0 Å². The number of rotatable bonds is 7. The normalized spacial score (nSPS) is 18.3. The highest BCUT2D eigenvalue weighted by molar-refractivity contribution is 5.76. The zero-order valence-electron chi connectivity index (χ0n) is 20.3. The monoisotopic (exact) mass is 449 g/mol. The fraction of sp³-hybridized carbons (Fsp3) is 0.323. The summed E-state index contributed by atoms with van der Waals surface area (Å²) >= 11 is 0. The van der Waals surface area contributed by atoms with Crippen LogP contribution in [0, 0.1) is 6.33 Å². The molecule has 4 aromatic rings. The Morgan fingerprint density at radius 1 is 0.824 bits per heavy atom. The van der Waals surface area contributed by atoms with E-state index < -0.39 is 0 Å². The number of nitrogens with one attached hydrogen (secondary N) is 1. The molecule has 174 valence electrons. The number of hydrogen-bond donors (Lipinski definition) is 1. The summed E-state index contributed by atoms with van der Waals surface area (Å²) in [5.41, 5.74) is 6.38. The van der Waals surface area contributed by atoms with Crippen LogP contribution in [0.3, 0.4) is 0 Å². The van der Waals surface area contributed by atoms with Gasteiger partial charge in [0.05, 0.1) is 12.1 Å². The van der Waals surface area contributed by atoms with Crippen LogP contribution < -0.4 is 9.88 Å². The molecular formula is C31H35N3. The first-order valence-electron chi connectivity index (χ1n) is 12.7. The van der Waals surface area contributed by atoms with Crippen molar-refractivity contribution < 1.29 is 4.57 Å². The second-order valence-corrected chi connectivity index (χ2v) is 9.69. The van der Waals surface area contributed by atoms with E-state index in [9.17, 15) is 0 Å². The second-order valence-electron chi connectivity index (χ2n) is 9.69. The Kier molecular flexibility index (Phi) is 6.92. The molecule has 34 heavy (non-hydrogen) atoms. The van der Waals surface area contributed by atoms with E-state index in [0.717, 1.165) is 6.54 Å². The standard InChI is InChI=1S/C31H35N3/c1-24(2)33-23-34(29-21-13-12-20-28(29)32-22-25-14-6-3-7-15-25)31(27-18-10-5-11-19-27)30(33)26-16-8-4-9-17-26/h3-11,14-19,24,28-29,32H,12-13,20-22H2,1-2H3/t28-,29-/m1/s1. The highest BCUT2D eigenvalue weighted by atomic mass is 15.2. The van der Waals surface area contributed by atoms with Gasteiger partial charge in [-0.3, -0.25) is 0 Å². The van der Waals surface area contributed by atoms with Crippen LogP contribution in [0.25, 0.3) is 22.5 Å². The molecule has 1 heterocycles. The van der Waals surface area contributed by atoms with E-state index in [-0.39, 0.29) is 0 Å². The lowest BCUT2D eigenvalue weighted by molar-refractivity contribution is -0.721. The summed E-state index contributed by atoms with van der Waals surface area (Å²) in [5.74, 6) is 0. The van der Waals surface area contributed by atoms with E-state index in [0.29, 0.717) is 18.1 Å². The maximum absolute atomic E-state index is 3.91. The van der Waals surface area contributed by atoms with Gasteiger partial charge in [-0.05, 0) is 49.8 Å². The van der Waals surface area contributed by atoms with E-state index >= 15 is 0 Å². The zero-order valence-corrected chi connectivity index (χ0v) is 20.3. The summed E-state index contributed by atoms with van der Waals surface area (Å²) in [4.78, 5) is 0. The molecule has 3 aromatic carbocycles. The van der Waals surface area contributed by atoms with Gasteiger partial charge in [-0.25, -0.2) is 0 Å². The molecule has 0 bridgehead atoms. The minimum absolute atomic E-state index is 0.318. The molecule has 0 unspecified atom stereocenters. The largest absolute Gasteiger partial charge is 0.342 e. The maximum Gasteiger partial charge on any atom is 0.205 e. The molecule has 1 aromatic heterocycles. The Morgan fingerprint density at radius 3 is 2.06 bits per heavy atom. The molecule has 0 amide bonds. The van der Waals surface area contributed by atoms with Crippen LogP contribution in [-0.2, 0) is 6.54 Å². The van der Waals surface area contributed by atoms with E-state index in [4.69, 9.17) is 0 Å². The van der Waals surface area contributed by atoms with Crippen LogP contribution in [0.4, 0.5) is 0 Å². The van der Waals surface area contributed by atoms with Crippen LogP contribution in [0.1, 0.15) is 57.2 Å². The van der Waals surface area contributed by atoms with Gasteiger partial charge in [-0.15, -0.1) is 0 Å². The number of imidazole rings is 1. The van der Waals surface area contributed by atoms with Crippen molar-refractivity contribution in [3.63, 3.8) is 0 Å². The van der Waals surface area contributed by atoms with Gasteiger partial charge in [-0.1, -0.05) is 97.4 Å². The summed E-state index contributed by atoms with van der Waals surface area (Å²) < 4.78 is 4.82. The van der Waals surface area contributed by atoms with Gasteiger partial charge < -0.3 is 14.5 Å². The summed E-state index contributed by atoms with van der Waals surface area (Å²) in [6.07, 6.45) is 8.74. The minimum Gasteiger partial charge on any atom is -0.342 e. The average Bonchev–Trinajstić information content (AvgIpc) is 3.30. The SMILES string of the molecule is CC(C)n1[c-][n+]([C@@H]2CCCC[C@H]2NCc2ccccc2)c(-c2ccccc2)c1-c1ccccc1. The number of hydrogen-bond acceptors (Lipinski definition) is 1. The molecule has 2 atom stereocenters. The Bertz CT molecular complexity index is 1180. The Hall–Kier alpha value is -3.17. The van der Waals surface area contributed by atoms with Crippen LogP contribution in [-0.4, -0.2) is 10.6 Å². The van der Waals surface area contributed by atoms with Gasteiger partial charge in [0.25, 0.3) is 0 Å². The minimum atomic E-state index is 0.318. The van der Waals surface area contributed by atoms with Gasteiger partial charge in [-0.2, -0.15) is 0 Å². The van der Waals surface area contributed by atoms with E-state index in [1.165, 1.54) is 53.8 Å². The number of nitrogens with zero attached hydrogens (tertiary/aromatic N) is 2. The summed E-state index contributed by atoms with van der Waals surface area (Å²) in [5, 5.41) is 3.91. The van der Waals surface area contributed by atoms with Crippen molar-refractivity contribution in [2.24, 2.45) is 0 Å². The van der Waals surface area contributed by atoms with Gasteiger partial charge in [0, 0.05) is 24.0 Å². The third-order valence-electron chi connectivity index (χ3n) is 7.00. The van der Waals surface area contributed by atoms with Crippen molar-refractivity contribution in [1.29, 1.82) is 0 Å². The first-order chi connectivity index (χ1) is 16.7. The molecule has 0 aliphatic heterocycles. The summed E-state index contributed by atoms with van der Waals surface area (Å²) in [6.45, 7) is 5.42. The highest BCUT2D eigenvalue weighted by Gasteiger charge is 2.31.